The van der Waals surface area contributed by atoms with Gasteiger partial charge in [0.1, 0.15) is 5.82 Å². The Labute approximate surface area is 158 Å². The summed E-state index contributed by atoms with van der Waals surface area (Å²) in [5.41, 5.74) is 3.08. The molecule has 3 aromatic rings. The molecule has 0 saturated heterocycles. The van der Waals surface area contributed by atoms with Gasteiger partial charge in [-0.3, -0.25) is 4.40 Å². The van der Waals surface area contributed by atoms with E-state index in [-0.39, 0.29) is 16.1 Å². The number of rotatable bonds is 4. The van der Waals surface area contributed by atoms with Gasteiger partial charge >= 0.3 is 0 Å². The molecular formula is C20H24N4O2S. The maximum atomic E-state index is 12.6. The maximum Gasteiger partial charge on any atom is 0.154 e. The molecule has 2 bridgehead atoms. The SMILES string of the molecule is O=S(=O)(CC12CCC(c3ncc4cnc5[nH]ccc5n34)(CC1)CC2)C1CC1. The Morgan fingerprint density at radius 3 is 2.48 bits per heavy atom. The third-order valence-electron chi connectivity index (χ3n) is 7.48. The molecule has 0 aromatic carbocycles. The molecule has 27 heavy (non-hydrogen) atoms. The van der Waals surface area contributed by atoms with Crippen LogP contribution in [0.25, 0.3) is 16.7 Å². The number of hydrogen-bond acceptors (Lipinski definition) is 4. The van der Waals surface area contributed by atoms with E-state index in [4.69, 9.17) is 4.98 Å². The van der Waals surface area contributed by atoms with Gasteiger partial charge in [-0.2, -0.15) is 0 Å². The lowest BCUT2D eigenvalue weighted by molar-refractivity contribution is 0.0530. The summed E-state index contributed by atoms with van der Waals surface area (Å²) in [6.07, 6.45) is 13.6. The van der Waals surface area contributed by atoms with E-state index in [0.29, 0.717) is 5.75 Å². The van der Waals surface area contributed by atoms with Crippen LogP contribution in [0.3, 0.4) is 0 Å². The smallest absolute Gasteiger partial charge is 0.154 e. The second-order valence-electron chi connectivity index (χ2n) is 9.10. The van der Waals surface area contributed by atoms with E-state index in [9.17, 15) is 8.42 Å². The summed E-state index contributed by atoms with van der Waals surface area (Å²) in [4.78, 5) is 12.5. The lowest BCUT2D eigenvalue weighted by Crippen LogP contribution is -2.48. The number of aromatic amines is 1. The van der Waals surface area contributed by atoms with E-state index < -0.39 is 9.84 Å². The van der Waals surface area contributed by atoms with Gasteiger partial charge in [-0.15, -0.1) is 0 Å². The first-order valence-electron chi connectivity index (χ1n) is 10.0. The molecule has 4 fully saturated rings. The monoisotopic (exact) mass is 384 g/mol. The zero-order valence-electron chi connectivity index (χ0n) is 15.3. The molecule has 7 rings (SSSR count). The van der Waals surface area contributed by atoms with Gasteiger partial charge in [0.05, 0.1) is 34.4 Å². The number of nitrogens with one attached hydrogen (secondary N) is 1. The van der Waals surface area contributed by atoms with E-state index in [1.807, 2.05) is 18.6 Å². The van der Waals surface area contributed by atoms with E-state index in [1.54, 1.807) is 0 Å². The molecule has 3 aromatic heterocycles. The van der Waals surface area contributed by atoms with Crippen molar-refractivity contribution in [3.8, 4) is 0 Å². The summed E-state index contributed by atoms with van der Waals surface area (Å²) in [7, 11) is -2.90. The lowest BCUT2D eigenvalue weighted by Gasteiger charge is -2.52. The Bertz CT molecular complexity index is 1130. The topological polar surface area (TPSA) is 80.1 Å². The van der Waals surface area contributed by atoms with Crippen LogP contribution in [0.1, 0.15) is 57.2 Å². The summed E-state index contributed by atoms with van der Waals surface area (Å²) in [5, 5.41) is -0.0360. The summed E-state index contributed by atoms with van der Waals surface area (Å²) in [6.45, 7) is 0. The second-order valence-corrected chi connectivity index (χ2v) is 11.4. The first kappa shape index (κ1) is 16.1. The van der Waals surface area contributed by atoms with Crippen molar-refractivity contribution in [1.82, 2.24) is 19.4 Å². The first-order valence-corrected chi connectivity index (χ1v) is 11.7. The van der Waals surface area contributed by atoms with Gasteiger partial charge in [0, 0.05) is 11.6 Å². The quantitative estimate of drug-likeness (QED) is 0.748. The number of imidazole rings is 1. The summed E-state index contributed by atoms with van der Waals surface area (Å²) < 4.78 is 27.5. The molecule has 4 aliphatic rings. The molecule has 0 aliphatic heterocycles. The third kappa shape index (κ3) is 2.27. The molecule has 3 heterocycles. The second kappa shape index (κ2) is 5.13. The fraction of sp³-hybridized carbons (Fsp3) is 0.600. The van der Waals surface area contributed by atoms with Crippen LogP contribution in [0.5, 0.6) is 0 Å². The van der Waals surface area contributed by atoms with Crippen LogP contribution in [-0.4, -0.2) is 38.8 Å². The minimum absolute atomic E-state index is 0.0151. The van der Waals surface area contributed by atoms with Crippen LogP contribution in [0.4, 0.5) is 0 Å². The number of nitrogens with zero attached hydrogens (tertiary/aromatic N) is 3. The van der Waals surface area contributed by atoms with Crippen molar-refractivity contribution in [2.75, 3.05) is 5.75 Å². The Hall–Kier alpha value is -1.89. The Kier molecular flexibility index (Phi) is 3.06. The Morgan fingerprint density at radius 2 is 1.78 bits per heavy atom. The molecular weight excluding hydrogens is 360 g/mol. The fourth-order valence-corrected chi connectivity index (χ4v) is 8.01. The van der Waals surface area contributed by atoms with Crippen molar-refractivity contribution in [1.29, 1.82) is 0 Å². The lowest BCUT2D eigenvalue weighted by atomic mass is 9.54. The molecule has 0 unspecified atom stereocenters. The molecule has 0 radical (unpaired) electrons. The molecule has 0 atom stereocenters. The molecule has 4 aliphatic carbocycles. The largest absolute Gasteiger partial charge is 0.345 e. The minimum Gasteiger partial charge on any atom is -0.345 e. The average Bonchev–Trinajstić information content (AvgIpc) is 3.27. The van der Waals surface area contributed by atoms with Crippen molar-refractivity contribution < 1.29 is 8.42 Å². The van der Waals surface area contributed by atoms with Crippen molar-refractivity contribution >= 4 is 26.5 Å². The molecule has 0 spiro atoms. The number of hydrogen-bond donors (Lipinski definition) is 1. The molecule has 6 nitrogen and oxygen atoms in total. The number of aromatic nitrogens is 4. The van der Waals surface area contributed by atoms with Gasteiger partial charge in [0.15, 0.2) is 15.5 Å². The highest BCUT2D eigenvalue weighted by Crippen LogP contribution is 2.58. The van der Waals surface area contributed by atoms with Crippen molar-refractivity contribution in [2.45, 2.75) is 62.0 Å². The molecule has 4 saturated carbocycles. The molecule has 0 amide bonds. The summed E-state index contributed by atoms with van der Waals surface area (Å²) >= 11 is 0. The van der Waals surface area contributed by atoms with Crippen LogP contribution in [0.2, 0.25) is 0 Å². The summed E-state index contributed by atoms with van der Waals surface area (Å²) in [5.74, 6) is 1.55. The zero-order valence-corrected chi connectivity index (χ0v) is 16.1. The minimum atomic E-state index is -2.90. The van der Waals surface area contributed by atoms with Crippen molar-refractivity contribution in [2.24, 2.45) is 5.41 Å². The van der Waals surface area contributed by atoms with Gasteiger partial charge < -0.3 is 4.98 Å². The third-order valence-corrected chi connectivity index (χ3v) is 9.98. The predicted octanol–water partition coefficient (Wildman–Crippen LogP) is 3.38. The van der Waals surface area contributed by atoms with Gasteiger partial charge in [0.2, 0.25) is 0 Å². The van der Waals surface area contributed by atoms with Crippen molar-refractivity contribution in [3.63, 3.8) is 0 Å². The average molecular weight is 385 g/mol. The van der Waals surface area contributed by atoms with E-state index in [0.717, 1.165) is 73.9 Å². The number of H-pyrrole nitrogens is 1. The fourth-order valence-electron chi connectivity index (χ4n) is 5.64. The van der Waals surface area contributed by atoms with E-state index >= 15 is 0 Å². The van der Waals surface area contributed by atoms with E-state index in [1.165, 1.54) is 0 Å². The Balaban J connectivity index is 1.37. The standard InChI is InChI=1S/C20H24N4O2S/c25-27(26,15-1-2-15)13-19-4-7-20(8-5-19,9-6-19)18-23-12-14-11-22-17-16(24(14)18)3-10-21-17/h3,10-12,15,21H,1-2,4-9,13H2. The predicted molar refractivity (Wildman–Crippen MR) is 103 cm³/mol. The molecule has 7 heteroatoms. The highest BCUT2D eigenvalue weighted by atomic mass is 32.2. The van der Waals surface area contributed by atoms with Crippen LogP contribution in [-0.2, 0) is 15.3 Å². The first-order chi connectivity index (χ1) is 13.0. The van der Waals surface area contributed by atoms with Gasteiger partial charge in [-0.1, -0.05) is 0 Å². The summed E-state index contributed by atoms with van der Waals surface area (Å²) in [6, 6.07) is 2.06. The highest BCUT2D eigenvalue weighted by Gasteiger charge is 2.53. The molecule has 142 valence electrons. The van der Waals surface area contributed by atoms with Gasteiger partial charge in [-0.05, 0) is 62.8 Å². The van der Waals surface area contributed by atoms with Gasteiger partial charge in [0.25, 0.3) is 0 Å². The Morgan fingerprint density at radius 1 is 1.07 bits per heavy atom. The van der Waals surface area contributed by atoms with Crippen molar-refractivity contribution in [3.05, 3.63) is 30.5 Å². The maximum absolute atomic E-state index is 12.6. The number of fused-ring (bicyclic) bond motifs is 6. The highest BCUT2D eigenvalue weighted by molar-refractivity contribution is 7.92. The molecule has 1 N–H and O–H groups in total. The normalized spacial score (nSPS) is 31.1. The van der Waals surface area contributed by atoms with Crippen LogP contribution in [0, 0.1) is 5.41 Å². The van der Waals surface area contributed by atoms with E-state index in [2.05, 4.69) is 20.4 Å². The van der Waals surface area contributed by atoms with Crippen LogP contribution >= 0.6 is 0 Å². The van der Waals surface area contributed by atoms with Gasteiger partial charge in [-0.25, -0.2) is 18.4 Å². The zero-order chi connectivity index (χ0) is 18.3. The number of sulfone groups is 1. The van der Waals surface area contributed by atoms with Crippen LogP contribution < -0.4 is 0 Å². The van der Waals surface area contributed by atoms with Crippen LogP contribution in [0.15, 0.2) is 24.7 Å².